The molecule has 1 heterocycles. The third kappa shape index (κ3) is 3.90. The largest absolute Gasteiger partial charge is 0.359 e. The van der Waals surface area contributed by atoms with Crippen LogP contribution in [0.15, 0.2) is 46.9 Å². The highest BCUT2D eigenvalue weighted by Gasteiger charge is 2.32. The van der Waals surface area contributed by atoms with Gasteiger partial charge in [0.15, 0.2) is 0 Å². The lowest BCUT2D eigenvalue weighted by molar-refractivity contribution is -0.133. The van der Waals surface area contributed by atoms with Crippen molar-refractivity contribution >= 4 is 21.8 Å². The maximum Gasteiger partial charge on any atom is 0.225 e. The number of halogens is 3. The zero-order chi connectivity index (χ0) is 18.0. The summed E-state index contributed by atoms with van der Waals surface area (Å²) in [6.07, 6.45) is 0.0160. The fourth-order valence-corrected chi connectivity index (χ4v) is 3.55. The second-order valence-electron chi connectivity index (χ2n) is 6.18. The molecule has 0 bridgehead atoms. The van der Waals surface area contributed by atoms with Crippen molar-refractivity contribution in [1.82, 2.24) is 4.90 Å². The Balaban J connectivity index is 1.76. The molecule has 0 aliphatic carbocycles. The molecule has 0 unspecified atom stereocenters. The predicted octanol–water partition coefficient (Wildman–Crippen LogP) is 4.78. The Labute approximate surface area is 153 Å². The van der Waals surface area contributed by atoms with Gasteiger partial charge in [-0.15, -0.1) is 0 Å². The van der Waals surface area contributed by atoms with E-state index in [4.69, 9.17) is 4.74 Å². The summed E-state index contributed by atoms with van der Waals surface area (Å²) >= 11 is 3.06. The molecule has 1 saturated heterocycles. The van der Waals surface area contributed by atoms with Gasteiger partial charge in [0.2, 0.25) is 5.91 Å². The number of ether oxygens (including phenoxy) is 1. The highest BCUT2D eigenvalue weighted by molar-refractivity contribution is 9.10. The molecule has 2 atom stereocenters. The number of benzene rings is 2. The summed E-state index contributed by atoms with van der Waals surface area (Å²) < 4.78 is 34.0. The van der Waals surface area contributed by atoms with E-state index in [9.17, 15) is 13.6 Å². The molecule has 0 saturated carbocycles. The number of amides is 1. The van der Waals surface area contributed by atoms with Crippen LogP contribution in [-0.4, -0.2) is 24.1 Å². The van der Waals surface area contributed by atoms with Crippen molar-refractivity contribution in [1.29, 1.82) is 0 Å². The van der Waals surface area contributed by atoms with Crippen LogP contribution >= 0.6 is 15.9 Å². The standard InChI is InChI=1S/C19H18BrF2NO2/c1-12(19-15(21)8-14(20)9-16(19)22)7-18(24)23-11-25-10-17(23)13-5-3-2-4-6-13/h2-6,8-9,12,17H,7,10-11H2,1H3/t12-,17+/m0/s1. The van der Waals surface area contributed by atoms with Crippen LogP contribution in [0, 0.1) is 11.6 Å². The maximum atomic E-state index is 14.1. The molecule has 2 aromatic carbocycles. The minimum atomic E-state index is -0.649. The summed E-state index contributed by atoms with van der Waals surface area (Å²) in [6, 6.07) is 11.9. The van der Waals surface area contributed by atoms with Gasteiger partial charge in [0.05, 0.1) is 12.6 Å². The van der Waals surface area contributed by atoms with Gasteiger partial charge in [-0.3, -0.25) is 4.79 Å². The number of rotatable bonds is 4. The van der Waals surface area contributed by atoms with Crippen LogP contribution < -0.4 is 0 Å². The van der Waals surface area contributed by atoms with E-state index in [0.717, 1.165) is 5.56 Å². The Hall–Kier alpha value is -1.79. The Morgan fingerprint density at radius 2 is 1.92 bits per heavy atom. The molecule has 1 aliphatic heterocycles. The molecule has 3 nitrogen and oxygen atoms in total. The van der Waals surface area contributed by atoms with Crippen molar-refractivity contribution in [3.8, 4) is 0 Å². The first-order valence-electron chi connectivity index (χ1n) is 8.04. The molecule has 0 aromatic heterocycles. The summed E-state index contributed by atoms with van der Waals surface area (Å²) in [6.45, 7) is 2.27. The van der Waals surface area contributed by atoms with Crippen LogP contribution in [0.4, 0.5) is 8.78 Å². The second-order valence-corrected chi connectivity index (χ2v) is 7.09. The Kier molecular flexibility index (Phi) is 5.49. The van der Waals surface area contributed by atoms with Crippen molar-refractivity contribution in [3.05, 3.63) is 69.7 Å². The monoisotopic (exact) mass is 409 g/mol. The highest BCUT2D eigenvalue weighted by atomic mass is 79.9. The van der Waals surface area contributed by atoms with Gasteiger partial charge in [-0.2, -0.15) is 0 Å². The lowest BCUT2D eigenvalue weighted by Gasteiger charge is -2.24. The minimum Gasteiger partial charge on any atom is -0.359 e. The Morgan fingerprint density at radius 1 is 1.28 bits per heavy atom. The first-order valence-corrected chi connectivity index (χ1v) is 8.83. The summed E-state index contributed by atoms with van der Waals surface area (Å²) in [5, 5.41) is 0. The van der Waals surface area contributed by atoms with Gasteiger partial charge >= 0.3 is 0 Å². The van der Waals surface area contributed by atoms with Gasteiger partial charge in [0.25, 0.3) is 0 Å². The van der Waals surface area contributed by atoms with Gasteiger partial charge in [-0.1, -0.05) is 53.2 Å². The fraction of sp³-hybridized carbons (Fsp3) is 0.316. The zero-order valence-corrected chi connectivity index (χ0v) is 15.3. The van der Waals surface area contributed by atoms with E-state index in [1.54, 1.807) is 11.8 Å². The summed E-state index contributed by atoms with van der Waals surface area (Å²) in [7, 11) is 0. The Bertz CT molecular complexity index is 746. The second kappa shape index (κ2) is 7.62. The minimum absolute atomic E-state index is 0.0160. The normalized spacial score (nSPS) is 18.4. The van der Waals surface area contributed by atoms with Crippen molar-refractivity contribution < 1.29 is 18.3 Å². The smallest absolute Gasteiger partial charge is 0.225 e. The zero-order valence-electron chi connectivity index (χ0n) is 13.7. The number of hydrogen-bond acceptors (Lipinski definition) is 2. The summed E-state index contributed by atoms with van der Waals surface area (Å²) in [5.74, 6) is -2.05. The summed E-state index contributed by atoms with van der Waals surface area (Å²) in [5.41, 5.74) is 0.926. The third-order valence-electron chi connectivity index (χ3n) is 4.40. The van der Waals surface area contributed by atoms with Gasteiger partial charge in [0, 0.05) is 16.5 Å². The fourth-order valence-electron chi connectivity index (χ4n) is 3.15. The average molecular weight is 410 g/mol. The molecular weight excluding hydrogens is 392 g/mol. The van der Waals surface area contributed by atoms with Crippen LogP contribution in [-0.2, 0) is 9.53 Å². The molecule has 2 aromatic rings. The lowest BCUT2D eigenvalue weighted by Crippen LogP contribution is -2.32. The van der Waals surface area contributed by atoms with Crippen LogP contribution in [0.1, 0.15) is 36.4 Å². The SMILES string of the molecule is C[C@@H](CC(=O)N1COC[C@@H]1c1ccccc1)c1c(F)cc(Br)cc1F. The lowest BCUT2D eigenvalue weighted by atomic mass is 9.95. The van der Waals surface area contributed by atoms with E-state index >= 15 is 0 Å². The van der Waals surface area contributed by atoms with Crippen molar-refractivity contribution in [2.75, 3.05) is 13.3 Å². The summed E-state index contributed by atoms with van der Waals surface area (Å²) in [4.78, 5) is 14.3. The van der Waals surface area contributed by atoms with Gasteiger partial charge in [-0.05, 0) is 23.6 Å². The molecule has 3 rings (SSSR count). The Morgan fingerprint density at radius 3 is 2.56 bits per heavy atom. The quantitative estimate of drug-likeness (QED) is 0.726. The molecule has 1 fully saturated rings. The molecule has 1 amide bonds. The van der Waals surface area contributed by atoms with Crippen LogP contribution in [0.3, 0.4) is 0 Å². The van der Waals surface area contributed by atoms with Crippen molar-refractivity contribution in [2.45, 2.75) is 25.3 Å². The van der Waals surface area contributed by atoms with Gasteiger partial charge in [-0.25, -0.2) is 8.78 Å². The van der Waals surface area contributed by atoms with Crippen LogP contribution in [0.5, 0.6) is 0 Å². The average Bonchev–Trinajstić information content (AvgIpc) is 3.04. The first kappa shape index (κ1) is 18.0. The van der Waals surface area contributed by atoms with E-state index in [1.165, 1.54) is 12.1 Å². The number of carbonyl (C=O) groups excluding carboxylic acids is 1. The highest BCUT2D eigenvalue weighted by Crippen LogP contribution is 2.31. The van der Waals surface area contributed by atoms with E-state index in [0.29, 0.717) is 11.1 Å². The maximum absolute atomic E-state index is 14.1. The van der Waals surface area contributed by atoms with E-state index in [-0.39, 0.29) is 30.7 Å². The van der Waals surface area contributed by atoms with Crippen LogP contribution in [0.25, 0.3) is 0 Å². The van der Waals surface area contributed by atoms with E-state index in [1.807, 2.05) is 30.3 Å². The predicted molar refractivity (Wildman–Crippen MR) is 93.9 cm³/mol. The molecule has 1 aliphatic rings. The van der Waals surface area contributed by atoms with Crippen molar-refractivity contribution in [3.63, 3.8) is 0 Å². The first-order chi connectivity index (χ1) is 12.0. The van der Waals surface area contributed by atoms with E-state index in [2.05, 4.69) is 15.9 Å². The van der Waals surface area contributed by atoms with E-state index < -0.39 is 17.6 Å². The van der Waals surface area contributed by atoms with Gasteiger partial charge < -0.3 is 9.64 Å². The third-order valence-corrected chi connectivity index (χ3v) is 4.86. The topological polar surface area (TPSA) is 29.5 Å². The molecule has 0 N–H and O–H groups in total. The molecule has 0 radical (unpaired) electrons. The number of hydrogen-bond donors (Lipinski definition) is 0. The van der Waals surface area contributed by atoms with Gasteiger partial charge in [0.1, 0.15) is 18.4 Å². The molecule has 6 heteroatoms. The molecule has 0 spiro atoms. The molecule has 25 heavy (non-hydrogen) atoms. The number of nitrogens with zero attached hydrogens (tertiary/aromatic N) is 1. The van der Waals surface area contributed by atoms with Crippen LogP contribution in [0.2, 0.25) is 0 Å². The molecular formula is C19H18BrF2NO2. The number of carbonyl (C=O) groups is 1. The van der Waals surface area contributed by atoms with Crippen molar-refractivity contribution in [2.24, 2.45) is 0 Å². The molecule has 132 valence electrons.